The summed E-state index contributed by atoms with van der Waals surface area (Å²) >= 11 is 0. The minimum absolute atomic E-state index is 0.227. The van der Waals surface area contributed by atoms with Crippen LogP contribution in [0.1, 0.15) is 65.7 Å². The van der Waals surface area contributed by atoms with Crippen molar-refractivity contribution in [3.8, 4) is 17.5 Å². The Morgan fingerprint density at radius 1 is 1.00 bits per heavy atom. The fourth-order valence-electron chi connectivity index (χ4n) is 2.46. The monoisotopic (exact) mass is 376 g/mol. The molecule has 146 valence electrons. The Kier molecular flexibility index (Phi) is 5.98. The van der Waals surface area contributed by atoms with Crippen LogP contribution in [-0.2, 0) is 10.8 Å². The summed E-state index contributed by atoms with van der Waals surface area (Å²) in [7, 11) is 0. The van der Waals surface area contributed by atoms with Gasteiger partial charge in [-0.3, -0.25) is 0 Å². The van der Waals surface area contributed by atoms with E-state index in [1.54, 1.807) is 18.2 Å². The highest BCUT2D eigenvalue weighted by Crippen LogP contribution is 2.28. The number of anilines is 1. The summed E-state index contributed by atoms with van der Waals surface area (Å²) in [5.74, 6) is 2.00. The molecule has 0 radical (unpaired) electrons. The second kappa shape index (κ2) is 7.89. The zero-order valence-electron chi connectivity index (χ0n) is 17.7. The van der Waals surface area contributed by atoms with Gasteiger partial charge in [-0.1, -0.05) is 41.5 Å². The number of benzene rings is 1. The van der Waals surface area contributed by atoms with Crippen molar-refractivity contribution in [1.82, 2.24) is 15.0 Å². The van der Waals surface area contributed by atoms with E-state index in [1.165, 1.54) is 6.21 Å². The maximum atomic E-state index is 9.46. The largest absolute Gasteiger partial charge is 0.359 e. The highest BCUT2D eigenvalue weighted by Gasteiger charge is 2.25. The van der Waals surface area contributed by atoms with Crippen LogP contribution in [0.4, 0.5) is 5.69 Å². The van der Waals surface area contributed by atoms with Gasteiger partial charge in [-0.25, -0.2) is 15.0 Å². The smallest absolute Gasteiger partial charge is 0.163 e. The van der Waals surface area contributed by atoms with E-state index in [0.717, 1.165) is 28.6 Å². The zero-order chi connectivity index (χ0) is 21.1. The van der Waals surface area contributed by atoms with E-state index >= 15 is 0 Å². The van der Waals surface area contributed by atoms with Gasteiger partial charge in [0.2, 0.25) is 0 Å². The predicted octanol–water partition coefficient (Wildman–Crippen LogP) is 4.97. The van der Waals surface area contributed by atoms with Crippen molar-refractivity contribution in [3.63, 3.8) is 0 Å². The lowest BCUT2D eigenvalue weighted by Crippen LogP contribution is -2.24. The molecule has 0 bridgehead atoms. The zero-order valence-corrected chi connectivity index (χ0v) is 17.7. The topological polar surface area (TPSA) is 98.3 Å². The molecule has 1 aromatic carbocycles. The predicted molar refractivity (Wildman–Crippen MR) is 114 cm³/mol. The van der Waals surface area contributed by atoms with Crippen molar-refractivity contribution in [3.05, 3.63) is 47.2 Å². The van der Waals surface area contributed by atoms with Crippen molar-refractivity contribution in [1.29, 1.82) is 10.7 Å². The Hall–Kier alpha value is -3.07. The number of nitrogens with zero attached hydrogens (tertiary/aromatic N) is 4. The highest BCUT2D eigenvalue weighted by atomic mass is 15.1. The number of allylic oxidation sites excluding steroid dienone is 2. The Bertz CT molecular complexity index is 920. The third kappa shape index (κ3) is 5.23. The van der Waals surface area contributed by atoms with E-state index in [9.17, 15) is 5.26 Å². The van der Waals surface area contributed by atoms with Gasteiger partial charge in [0.25, 0.3) is 0 Å². The summed E-state index contributed by atoms with van der Waals surface area (Å²) in [6.45, 7) is 14.3. The number of hydrogen-bond acceptors (Lipinski definition) is 6. The quantitative estimate of drug-likeness (QED) is 0.734. The molecule has 2 rings (SSSR count). The van der Waals surface area contributed by atoms with Crippen molar-refractivity contribution < 1.29 is 0 Å². The average Bonchev–Trinajstić information content (AvgIpc) is 2.59. The summed E-state index contributed by atoms with van der Waals surface area (Å²) in [4.78, 5) is 14.1. The summed E-state index contributed by atoms with van der Waals surface area (Å²) < 4.78 is 0. The highest BCUT2D eigenvalue weighted by molar-refractivity contribution is 5.72. The molecule has 28 heavy (non-hydrogen) atoms. The lowest BCUT2D eigenvalue weighted by atomic mass is 9.93. The molecule has 0 spiro atoms. The fourth-order valence-corrected chi connectivity index (χ4v) is 2.46. The first-order valence-corrected chi connectivity index (χ1v) is 9.21. The molecular weight excluding hydrogens is 348 g/mol. The second-order valence-electron chi connectivity index (χ2n) is 8.86. The van der Waals surface area contributed by atoms with Crippen molar-refractivity contribution in [2.75, 3.05) is 5.32 Å². The Labute approximate surface area is 167 Å². The SMILES string of the molecule is C/C(=C/C=N)Nc1cc(C#N)cc(-c2nc(C(C)(C)C)nc(C(C)(C)C)n2)c1. The molecule has 0 aliphatic heterocycles. The summed E-state index contributed by atoms with van der Waals surface area (Å²) in [5.41, 5.74) is 2.36. The van der Waals surface area contributed by atoms with E-state index in [4.69, 9.17) is 20.4 Å². The van der Waals surface area contributed by atoms with Crippen LogP contribution >= 0.6 is 0 Å². The van der Waals surface area contributed by atoms with Gasteiger partial charge < -0.3 is 10.7 Å². The summed E-state index contributed by atoms with van der Waals surface area (Å²) in [6.07, 6.45) is 2.87. The molecule has 0 unspecified atom stereocenters. The van der Waals surface area contributed by atoms with Crippen LogP contribution in [0.5, 0.6) is 0 Å². The molecule has 0 aliphatic carbocycles. The number of nitrogens with one attached hydrogen (secondary N) is 2. The van der Waals surface area contributed by atoms with E-state index < -0.39 is 0 Å². The maximum absolute atomic E-state index is 9.46. The molecule has 2 aromatic rings. The Morgan fingerprint density at radius 3 is 2.04 bits per heavy atom. The van der Waals surface area contributed by atoms with Crippen molar-refractivity contribution in [2.45, 2.75) is 59.3 Å². The third-order valence-electron chi connectivity index (χ3n) is 3.97. The molecule has 6 nitrogen and oxygen atoms in total. The fraction of sp³-hybridized carbons (Fsp3) is 0.409. The van der Waals surface area contributed by atoms with Gasteiger partial charge in [-0.2, -0.15) is 5.26 Å². The van der Waals surface area contributed by atoms with Gasteiger partial charge in [0, 0.05) is 34.0 Å². The lowest BCUT2D eigenvalue weighted by molar-refractivity contribution is 0.497. The van der Waals surface area contributed by atoms with E-state index in [2.05, 4.69) is 52.9 Å². The van der Waals surface area contributed by atoms with E-state index in [-0.39, 0.29) is 10.8 Å². The normalized spacial score (nSPS) is 12.4. The lowest BCUT2D eigenvalue weighted by Gasteiger charge is -2.23. The van der Waals surface area contributed by atoms with Crippen LogP contribution in [-0.4, -0.2) is 21.2 Å². The van der Waals surface area contributed by atoms with Gasteiger partial charge in [-0.05, 0) is 31.2 Å². The van der Waals surface area contributed by atoms with Gasteiger partial charge >= 0.3 is 0 Å². The molecule has 0 saturated heterocycles. The van der Waals surface area contributed by atoms with Crippen molar-refractivity contribution in [2.24, 2.45) is 0 Å². The molecule has 0 fully saturated rings. The maximum Gasteiger partial charge on any atom is 0.163 e. The van der Waals surface area contributed by atoms with Crippen LogP contribution in [0, 0.1) is 16.7 Å². The first-order valence-electron chi connectivity index (χ1n) is 9.21. The first-order chi connectivity index (χ1) is 12.9. The van der Waals surface area contributed by atoms with Gasteiger partial charge in [0.1, 0.15) is 11.6 Å². The molecule has 0 aliphatic rings. The average molecular weight is 377 g/mol. The third-order valence-corrected chi connectivity index (χ3v) is 3.97. The minimum atomic E-state index is -0.227. The van der Waals surface area contributed by atoms with Gasteiger partial charge in [0.05, 0.1) is 11.6 Å². The van der Waals surface area contributed by atoms with Gasteiger partial charge in [-0.15, -0.1) is 0 Å². The first kappa shape index (κ1) is 21.2. The summed E-state index contributed by atoms with van der Waals surface area (Å²) in [6, 6.07) is 7.66. The number of rotatable bonds is 4. The van der Waals surface area contributed by atoms with Crippen LogP contribution < -0.4 is 5.32 Å². The molecular formula is C22H28N6. The van der Waals surface area contributed by atoms with E-state index in [0.29, 0.717) is 11.4 Å². The molecule has 0 amide bonds. The Morgan fingerprint density at radius 2 is 1.57 bits per heavy atom. The van der Waals surface area contributed by atoms with Gasteiger partial charge in [0.15, 0.2) is 5.82 Å². The molecule has 0 saturated carbocycles. The molecule has 2 N–H and O–H groups in total. The van der Waals surface area contributed by atoms with E-state index in [1.807, 2.05) is 13.0 Å². The van der Waals surface area contributed by atoms with Crippen LogP contribution in [0.2, 0.25) is 0 Å². The number of hydrogen-bond donors (Lipinski definition) is 2. The minimum Gasteiger partial charge on any atom is -0.359 e. The Balaban J connectivity index is 2.67. The van der Waals surface area contributed by atoms with Crippen LogP contribution in [0.3, 0.4) is 0 Å². The molecule has 1 aromatic heterocycles. The number of aromatic nitrogens is 3. The second-order valence-corrected chi connectivity index (χ2v) is 8.86. The van der Waals surface area contributed by atoms with Crippen molar-refractivity contribution >= 4 is 11.9 Å². The summed E-state index contributed by atoms with van der Waals surface area (Å²) in [5, 5.41) is 19.9. The number of nitriles is 1. The molecule has 6 heteroatoms. The molecule has 1 heterocycles. The standard InChI is InChI=1S/C22H28N6/c1-14(8-9-23)25-17-11-15(13-24)10-16(12-17)18-26-19(21(2,3)4)28-20(27-18)22(5,6)7/h8-12,23,25H,1-7H3/b14-8-,23-9?. The van der Waals surface area contributed by atoms with Crippen LogP contribution in [0.25, 0.3) is 11.4 Å². The van der Waals surface area contributed by atoms with Crippen LogP contribution in [0.15, 0.2) is 30.0 Å². The molecule has 0 atom stereocenters.